The van der Waals surface area contributed by atoms with Crippen molar-refractivity contribution in [3.05, 3.63) is 5.01 Å². The van der Waals surface area contributed by atoms with Crippen LogP contribution in [0.5, 0.6) is 0 Å². The molecule has 1 amide bonds. The number of halogens is 3. The summed E-state index contributed by atoms with van der Waals surface area (Å²) in [6.45, 7) is 0. The number of hydrogen-bond donors (Lipinski definition) is 1. The third-order valence-electron chi connectivity index (χ3n) is 4.11. The van der Waals surface area contributed by atoms with Gasteiger partial charge in [0.25, 0.3) is 0 Å². The molecular weight excluding hydrogens is 303 g/mol. The third-order valence-corrected chi connectivity index (χ3v) is 5.11. The second-order valence-electron chi connectivity index (χ2n) is 5.81. The summed E-state index contributed by atoms with van der Waals surface area (Å²) in [5, 5.41) is 11.8. The molecule has 2 atom stereocenters. The fraction of sp³-hybridized carbons (Fsp3) is 0.769. The lowest BCUT2D eigenvalue weighted by atomic mass is 9.80. The number of aromatic nitrogens is 2. The summed E-state index contributed by atoms with van der Waals surface area (Å²) in [6, 6.07) is 0. The summed E-state index contributed by atoms with van der Waals surface area (Å²) in [4.78, 5) is 12.1. The van der Waals surface area contributed by atoms with Gasteiger partial charge >= 0.3 is 6.18 Å². The molecule has 0 bridgehead atoms. The van der Waals surface area contributed by atoms with Crippen molar-refractivity contribution in [2.24, 2.45) is 11.8 Å². The average molecular weight is 319 g/mol. The van der Waals surface area contributed by atoms with Crippen molar-refractivity contribution < 1.29 is 18.0 Å². The highest BCUT2D eigenvalue weighted by Crippen LogP contribution is 2.43. The Morgan fingerprint density at radius 3 is 2.62 bits per heavy atom. The zero-order valence-electron chi connectivity index (χ0n) is 11.3. The highest BCUT2D eigenvalue weighted by Gasteiger charge is 2.43. The lowest BCUT2D eigenvalue weighted by Gasteiger charge is -2.29. The quantitative estimate of drug-likeness (QED) is 0.924. The standard InChI is InChI=1S/C13H16F3N3OS/c14-13(15,16)9-3-1-2-8(6-9)10(20)17-12-19-18-11(21-12)7-4-5-7/h7-9H,1-6H2,(H,17,19,20)/t8-,9-/m1/s1. The topological polar surface area (TPSA) is 54.9 Å². The summed E-state index contributed by atoms with van der Waals surface area (Å²) < 4.78 is 38.3. The highest BCUT2D eigenvalue weighted by atomic mass is 32.1. The number of alkyl halides is 3. The number of amides is 1. The number of carbonyl (C=O) groups is 1. The predicted octanol–water partition coefficient (Wildman–Crippen LogP) is 3.72. The molecule has 1 heterocycles. The average Bonchev–Trinajstić information content (AvgIpc) is 3.19. The molecule has 2 fully saturated rings. The van der Waals surface area contributed by atoms with Gasteiger partial charge in [-0.2, -0.15) is 13.2 Å². The number of anilines is 1. The number of hydrogen-bond acceptors (Lipinski definition) is 4. The Kier molecular flexibility index (Phi) is 3.90. The van der Waals surface area contributed by atoms with Crippen LogP contribution < -0.4 is 5.32 Å². The minimum atomic E-state index is -4.21. The van der Waals surface area contributed by atoms with Crippen molar-refractivity contribution >= 4 is 22.4 Å². The van der Waals surface area contributed by atoms with E-state index < -0.39 is 18.0 Å². The maximum absolute atomic E-state index is 12.8. The third kappa shape index (κ3) is 3.53. The van der Waals surface area contributed by atoms with E-state index >= 15 is 0 Å². The maximum atomic E-state index is 12.8. The molecule has 0 saturated heterocycles. The van der Waals surface area contributed by atoms with Gasteiger partial charge in [-0.05, 0) is 32.1 Å². The smallest absolute Gasteiger partial charge is 0.300 e. The van der Waals surface area contributed by atoms with Crippen molar-refractivity contribution in [1.29, 1.82) is 0 Å². The summed E-state index contributed by atoms with van der Waals surface area (Å²) in [6.07, 6.45) is -1.07. The van der Waals surface area contributed by atoms with Gasteiger partial charge in [-0.25, -0.2) is 0 Å². The minimum absolute atomic E-state index is 0.121. The largest absolute Gasteiger partial charge is 0.391 e. The molecule has 3 rings (SSSR count). The first-order valence-corrected chi connectivity index (χ1v) is 7.96. The Balaban J connectivity index is 1.58. The second kappa shape index (κ2) is 5.55. The molecule has 8 heteroatoms. The summed E-state index contributed by atoms with van der Waals surface area (Å²) in [5.41, 5.74) is 0. The van der Waals surface area contributed by atoms with Gasteiger partial charge in [-0.15, -0.1) is 10.2 Å². The zero-order chi connectivity index (χ0) is 15.0. The SMILES string of the molecule is O=C(Nc1nnc(C2CC2)s1)[C@@H]1CCC[C@@H](C(F)(F)F)C1. The van der Waals surface area contributed by atoms with E-state index in [-0.39, 0.29) is 18.7 Å². The van der Waals surface area contributed by atoms with Gasteiger partial charge in [0, 0.05) is 11.8 Å². The number of nitrogens with zero attached hydrogens (tertiary/aromatic N) is 2. The maximum Gasteiger partial charge on any atom is 0.391 e. The van der Waals surface area contributed by atoms with E-state index in [4.69, 9.17) is 0 Å². The fourth-order valence-electron chi connectivity index (χ4n) is 2.71. The molecule has 0 unspecified atom stereocenters. The molecule has 0 aromatic carbocycles. The van der Waals surface area contributed by atoms with Gasteiger partial charge < -0.3 is 5.32 Å². The minimum Gasteiger partial charge on any atom is -0.300 e. The van der Waals surface area contributed by atoms with Crippen molar-refractivity contribution in [3.63, 3.8) is 0 Å². The molecule has 116 valence electrons. The van der Waals surface area contributed by atoms with E-state index in [1.54, 1.807) is 0 Å². The molecule has 21 heavy (non-hydrogen) atoms. The van der Waals surface area contributed by atoms with Crippen LogP contribution in [-0.2, 0) is 4.79 Å². The molecule has 1 aromatic heterocycles. The number of carbonyl (C=O) groups excluding carboxylic acids is 1. The molecule has 0 aliphatic heterocycles. The Labute approximate surface area is 124 Å². The van der Waals surface area contributed by atoms with Crippen LogP contribution in [0.3, 0.4) is 0 Å². The predicted molar refractivity (Wildman–Crippen MR) is 72.0 cm³/mol. The summed E-state index contributed by atoms with van der Waals surface area (Å²) in [5.74, 6) is -1.85. The van der Waals surface area contributed by atoms with Gasteiger partial charge in [0.05, 0.1) is 5.92 Å². The monoisotopic (exact) mass is 319 g/mol. The van der Waals surface area contributed by atoms with E-state index in [2.05, 4.69) is 15.5 Å². The van der Waals surface area contributed by atoms with Crippen LogP contribution >= 0.6 is 11.3 Å². The van der Waals surface area contributed by atoms with Crippen LogP contribution in [0.1, 0.15) is 49.5 Å². The lowest BCUT2D eigenvalue weighted by Crippen LogP contribution is -2.34. The summed E-state index contributed by atoms with van der Waals surface area (Å²) in [7, 11) is 0. The van der Waals surface area contributed by atoms with Crippen molar-refractivity contribution in [3.8, 4) is 0 Å². The molecule has 1 aromatic rings. The van der Waals surface area contributed by atoms with Crippen LogP contribution in [0, 0.1) is 11.8 Å². The first-order valence-electron chi connectivity index (χ1n) is 7.14. The Hall–Kier alpha value is -1.18. The van der Waals surface area contributed by atoms with E-state index in [1.807, 2.05) is 0 Å². The fourth-order valence-corrected chi connectivity index (χ4v) is 3.63. The summed E-state index contributed by atoms with van der Waals surface area (Å²) >= 11 is 1.33. The number of rotatable bonds is 3. The Bertz CT molecular complexity index is 527. The van der Waals surface area contributed by atoms with E-state index in [1.165, 1.54) is 11.3 Å². The molecule has 0 radical (unpaired) electrons. The zero-order valence-corrected chi connectivity index (χ0v) is 12.1. The second-order valence-corrected chi connectivity index (χ2v) is 6.82. The Morgan fingerprint density at radius 2 is 1.95 bits per heavy atom. The molecule has 1 N–H and O–H groups in total. The van der Waals surface area contributed by atoms with Gasteiger partial charge in [-0.1, -0.05) is 17.8 Å². The molecular formula is C13H16F3N3OS. The van der Waals surface area contributed by atoms with Crippen LogP contribution in [0.4, 0.5) is 18.3 Å². The molecule has 0 spiro atoms. The van der Waals surface area contributed by atoms with E-state index in [0.717, 1.165) is 17.8 Å². The van der Waals surface area contributed by atoms with Gasteiger partial charge in [-0.3, -0.25) is 4.79 Å². The number of nitrogens with one attached hydrogen (secondary N) is 1. The molecule has 4 nitrogen and oxygen atoms in total. The lowest BCUT2D eigenvalue weighted by molar-refractivity contribution is -0.185. The van der Waals surface area contributed by atoms with E-state index in [0.29, 0.717) is 23.9 Å². The van der Waals surface area contributed by atoms with Crippen molar-refractivity contribution in [1.82, 2.24) is 10.2 Å². The molecule has 2 aliphatic carbocycles. The van der Waals surface area contributed by atoms with Gasteiger partial charge in [0.15, 0.2) is 0 Å². The van der Waals surface area contributed by atoms with Crippen molar-refractivity contribution in [2.75, 3.05) is 5.32 Å². The first kappa shape index (κ1) is 14.7. The van der Waals surface area contributed by atoms with Crippen LogP contribution in [0.2, 0.25) is 0 Å². The highest BCUT2D eigenvalue weighted by molar-refractivity contribution is 7.15. The molecule has 2 aliphatic rings. The van der Waals surface area contributed by atoms with Crippen LogP contribution in [0.25, 0.3) is 0 Å². The first-order chi connectivity index (χ1) is 9.93. The van der Waals surface area contributed by atoms with Crippen LogP contribution in [-0.4, -0.2) is 22.3 Å². The van der Waals surface area contributed by atoms with Gasteiger partial charge in [0.2, 0.25) is 11.0 Å². The molecule has 2 saturated carbocycles. The normalized spacial score (nSPS) is 26.6. The van der Waals surface area contributed by atoms with Crippen LogP contribution in [0.15, 0.2) is 0 Å². The van der Waals surface area contributed by atoms with Crippen molar-refractivity contribution in [2.45, 2.75) is 50.6 Å². The Morgan fingerprint density at radius 1 is 1.19 bits per heavy atom. The van der Waals surface area contributed by atoms with Gasteiger partial charge in [0.1, 0.15) is 5.01 Å². The van der Waals surface area contributed by atoms with E-state index in [9.17, 15) is 18.0 Å².